The quantitative estimate of drug-likeness (QED) is 0.555. The van der Waals surface area contributed by atoms with Crippen molar-refractivity contribution in [1.29, 1.82) is 0 Å². The van der Waals surface area contributed by atoms with Crippen LogP contribution in [0.25, 0.3) is 0 Å². The van der Waals surface area contributed by atoms with E-state index in [4.69, 9.17) is 4.74 Å². The largest absolute Gasteiger partial charge is 0.497 e. The number of sulfonamides is 1. The lowest BCUT2D eigenvalue weighted by Crippen LogP contribution is -2.36. The zero-order valence-corrected chi connectivity index (χ0v) is 19.0. The third-order valence-corrected chi connectivity index (χ3v) is 7.15. The molecule has 0 aromatic heterocycles. The van der Waals surface area contributed by atoms with Gasteiger partial charge >= 0.3 is 0 Å². The highest BCUT2D eigenvalue weighted by atomic mass is 32.2. The molecule has 3 aromatic rings. The topological polar surface area (TPSA) is 75.7 Å². The summed E-state index contributed by atoms with van der Waals surface area (Å²) in [7, 11) is -2.36. The molecule has 1 N–H and O–H groups in total. The van der Waals surface area contributed by atoms with Crippen molar-refractivity contribution in [2.45, 2.75) is 30.2 Å². The summed E-state index contributed by atoms with van der Waals surface area (Å²) in [6, 6.07) is 19.2. The molecule has 6 nitrogen and oxygen atoms in total. The number of nitrogens with zero attached hydrogens (tertiary/aromatic N) is 1. The monoisotopic (exact) mass is 468 g/mol. The Morgan fingerprint density at radius 3 is 2.58 bits per heavy atom. The number of carbonyl (C=O) groups excluding carboxylic acids is 1. The number of carbonyl (C=O) groups is 1. The second-order valence-electron chi connectivity index (χ2n) is 7.96. The van der Waals surface area contributed by atoms with Crippen LogP contribution in [-0.2, 0) is 16.4 Å². The average Bonchev–Trinajstić information content (AvgIpc) is 3.28. The third kappa shape index (κ3) is 5.17. The molecule has 1 aliphatic rings. The Morgan fingerprint density at radius 2 is 1.85 bits per heavy atom. The normalized spacial score (nSPS) is 15.9. The molecule has 0 radical (unpaired) electrons. The number of para-hydroxylation sites is 1. The van der Waals surface area contributed by atoms with Gasteiger partial charge in [-0.3, -0.25) is 9.52 Å². The standard InChI is InChI=1S/C25H25FN2O4S/c1-32-21-8-4-6-18(17-21)16-20-7-5-15-28(20)25(29)19-11-13-22(14-12-19)33(30,31)27-24-10-3-2-9-23(24)26/h2-4,6,8-14,17,20,27H,5,7,15-16H2,1H3. The highest BCUT2D eigenvalue weighted by Gasteiger charge is 2.30. The average molecular weight is 469 g/mol. The molecule has 33 heavy (non-hydrogen) atoms. The number of ether oxygens (including phenoxy) is 1. The summed E-state index contributed by atoms with van der Waals surface area (Å²) in [5.41, 5.74) is 1.38. The van der Waals surface area contributed by atoms with Crippen molar-refractivity contribution < 1.29 is 22.3 Å². The number of nitrogens with one attached hydrogen (secondary N) is 1. The molecule has 1 saturated heterocycles. The van der Waals surface area contributed by atoms with Gasteiger partial charge in [0, 0.05) is 18.2 Å². The summed E-state index contributed by atoms with van der Waals surface area (Å²) in [4.78, 5) is 15.0. The highest BCUT2D eigenvalue weighted by molar-refractivity contribution is 7.92. The van der Waals surface area contributed by atoms with E-state index in [0.29, 0.717) is 12.1 Å². The summed E-state index contributed by atoms with van der Waals surface area (Å²) in [5, 5.41) is 0. The lowest BCUT2D eigenvalue weighted by atomic mass is 10.0. The van der Waals surface area contributed by atoms with E-state index in [2.05, 4.69) is 4.72 Å². The van der Waals surface area contributed by atoms with Gasteiger partial charge in [-0.25, -0.2) is 12.8 Å². The van der Waals surface area contributed by atoms with Crippen LogP contribution in [0.5, 0.6) is 5.75 Å². The van der Waals surface area contributed by atoms with Gasteiger partial charge in [0.2, 0.25) is 0 Å². The molecular formula is C25H25FN2O4S. The third-order valence-electron chi connectivity index (χ3n) is 5.77. The van der Waals surface area contributed by atoms with E-state index in [-0.39, 0.29) is 22.5 Å². The maximum Gasteiger partial charge on any atom is 0.261 e. The fourth-order valence-corrected chi connectivity index (χ4v) is 5.14. The van der Waals surface area contributed by atoms with Crippen LogP contribution in [0.15, 0.2) is 77.7 Å². The minimum absolute atomic E-state index is 0.0448. The molecule has 8 heteroatoms. The SMILES string of the molecule is COc1cccc(CC2CCCN2C(=O)c2ccc(S(=O)(=O)Nc3ccccc3F)cc2)c1. The van der Waals surface area contributed by atoms with E-state index in [1.807, 2.05) is 29.2 Å². The van der Waals surface area contributed by atoms with E-state index in [0.717, 1.165) is 30.6 Å². The zero-order chi connectivity index (χ0) is 23.4. The van der Waals surface area contributed by atoms with Crippen LogP contribution in [-0.4, -0.2) is 38.9 Å². The number of hydrogen-bond acceptors (Lipinski definition) is 4. The summed E-state index contributed by atoms with van der Waals surface area (Å²) < 4.78 is 46.6. The second kappa shape index (κ2) is 9.62. The number of benzene rings is 3. The number of methoxy groups -OCH3 is 1. The fourth-order valence-electron chi connectivity index (χ4n) is 4.08. The van der Waals surface area contributed by atoms with Crippen molar-refractivity contribution in [3.63, 3.8) is 0 Å². The van der Waals surface area contributed by atoms with Crippen molar-refractivity contribution in [2.75, 3.05) is 18.4 Å². The summed E-state index contributed by atoms with van der Waals surface area (Å²) in [6.45, 7) is 0.655. The van der Waals surface area contributed by atoms with Crippen LogP contribution in [0.1, 0.15) is 28.8 Å². The van der Waals surface area contributed by atoms with Gasteiger partial charge < -0.3 is 9.64 Å². The molecule has 1 aliphatic heterocycles. The Kier molecular flexibility index (Phi) is 6.65. The number of hydrogen-bond donors (Lipinski definition) is 1. The van der Waals surface area contributed by atoms with Gasteiger partial charge in [0.05, 0.1) is 17.7 Å². The Labute approximate surface area is 193 Å². The first-order valence-corrected chi connectivity index (χ1v) is 12.2. The Morgan fingerprint density at radius 1 is 1.09 bits per heavy atom. The Balaban J connectivity index is 1.47. The number of halogens is 1. The van der Waals surface area contributed by atoms with Crippen LogP contribution in [0.4, 0.5) is 10.1 Å². The van der Waals surface area contributed by atoms with E-state index >= 15 is 0 Å². The van der Waals surface area contributed by atoms with E-state index in [1.54, 1.807) is 13.2 Å². The predicted molar refractivity (Wildman–Crippen MR) is 124 cm³/mol. The molecule has 3 aromatic carbocycles. The zero-order valence-electron chi connectivity index (χ0n) is 18.2. The molecule has 0 spiro atoms. The van der Waals surface area contributed by atoms with Crippen molar-refractivity contribution in [3.8, 4) is 5.75 Å². The van der Waals surface area contributed by atoms with E-state index < -0.39 is 15.8 Å². The highest BCUT2D eigenvalue weighted by Crippen LogP contribution is 2.26. The van der Waals surface area contributed by atoms with Crippen molar-refractivity contribution in [2.24, 2.45) is 0 Å². The smallest absolute Gasteiger partial charge is 0.261 e. The van der Waals surface area contributed by atoms with Crippen molar-refractivity contribution in [1.82, 2.24) is 4.90 Å². The minimum Gasteiger partial charge on any atom is -0.497 e. The van der Waals surface area contributed by atoms with Crippen molar-refractivity contribution >= 4 is 21.6 Å². The van der Waals surface area contributed by atoms with Gasteiger partial charge in [0.15, 0.2) is 0 Å². The second-order valence-corrected chi connectivity index (χ2v) is 9.64. The molecule has 0 bridgehead atoms. The van der Waals surface area contributed by atoms with Crippen LogP contribution in [0.2, 0.25) is 0 Å². The van der Waals surface area contributed by atoms with Gasteiger partial charge in [0.1, 0.15) is 11.6 Å². The molecule has 1 amide bonds. The van der Waals surface area contributed by atoms with E-state index in [9.17, 15) is 17.6 Å². The van der Waals surface area contributed by atoms with Gasteiger partial charge in [0.25, 0.3) is 15.9 Å². The van der Waals surface area contributed by atoms with Crippen molar-refractivity contribution in [3.05, 3.63) is 89.7 Å². The van der Waals surface area contributed by atoms with Gasteiger partial charge in [-0.1, -0.05) is 24.3 Å². The lowest BCUT2D eigenvalue weighted by molar-refractivity contribution is 0.0736. The molecule has 0 aliphatic carbocycles. The van der Waals surface area contributed by atoms with E-state index in [1.165, 1.54) is 42.5 Å². The predicted octanol–water partition coefficient (Wildman–Crippen LogP) is 4.48. The number of rotatable bonds is 7. The number of amides is 1. The van der Waals surface area contributed by atoms with Gasteiger partial charge in [-0.05, 0) is 73.4 Å². The maximum atomic E-state index is 13.8. The minimum atomic E-state index is -3.98. The first-order chi connectivity index (χ1) is 15.9. The summed E-state index contributed by atoms with van der Waals surface area (Å²) >= 11 is 0. The molecule has 1 atom stereocenters. The summed E-state index contributed by atoms with van der Waals surface area (Å²) in [5.74, 6) is -0.0143. The first-order valence-electron chi connectivity index (χ1n) is 10.7. The molecular weight excluding hydrogens is 443 g/mol. The van der Waals surface area contributed by atoms with Crippen LogP contribution in [0, 0.1) is 5.82 Å². The summed E-state index contributed by atoms with van der Waals surface area (Å²) in [6.07, 6.45) is 2.54. The lowest BCUT2D eigenvalue weighted by Gasteiger charge is -2.25. The number of anilines is 1. The molecule has 1 unspecified atom stereocenters. The van der Waals surface area contributed by atoms with Crippen LogP contribution in [0.3, 0.4) is 0 Å². The Bertz CT molecular complexity index is 1250. The fraction of sp³-hybridized carbons (Fsp3) is 0.240. The first kappa shape index (κ1) is 22.8. The van der Waals surface area contributed by atoms with Gasteiger partial charge in [-0.15, -0.1) is 0 Å². The molecule has 0 saturated carbocycles. The number of likely N-dealkylation sites (tertiary alicyclic amines) is 1. The molecule has 1 fully saturated rings. The molecule has 4 rings (SSSR count). The molecule has 172 valence electrons. The van der Waals surface area contributed by atoms with Gasteiger partial charge in [-0.2, -0.15) is 0 Å². The van der Waals surface area contributed by atoms with Crippen LogP contribution < -0.4 is 9.46 Å². The molecule has 1 heterocycles. The van der Waals surface area contributed by atoms with Crippen LogP contribution >= 0.6 is 0 Å². The maximum absolute atomic E-state index is 13.8. The Hall–Kier alpha value is -3.39.